The zero-order valence-electron chi connectivity index (χ0n) is 6.72. The van der Waals surface area contributed by atoms with Crippen LogP contribution in [0.25, 0.3) is 0 Å². The van der Waals surface area contributed by atoms with Crippen molar-refractivity contribution in [3.8, 4) is 5.75 Å². The maximum atomic E-state index is 11.7. The molecule has 0 aliphatic carbocycles. The van der Waals surface area contributed by atoms with Crippen molar-refractivity contribution in [3.63, 3.8) is 0 Å². The zero-order chi connectivity index (χ0) is 10.1. The predicted molar refractivity (Wildman–Crippen MR) is 40.1 cm³/mol. The summed E-state index contributed by atoms with van der Waals surface area (Å²) in [5.41, 5.74) is 5.71. The second kappa shape index (κ2) is 3.12. The number of hydrogen-bond acceptors (Lipinski definition) is 3. The maximum Gasteiger partial charge on any atom is 0.573 e. The first-order chi connectivity index (χ1) is 5.88. The Morgan fingerprint density at radius 2 is 2.08 bits per heavy atom. The van der Waals surface area contributed by atoms with Crippen LogP contribution >= 0.6 is 0 Å². The molecule has 0 atom stereocenters. The van der Waals surface area contributed by atoms with E-state index in [0.717, 1.165) is 0 Å². The van der Waals surface area contributed by atoms with Crippen LogP contribution in [0.5, 0.6) is 5.75 Å². The standard InChI is InChI=1S/C7H7F3N2O/c1-4-2-5(6(11)12-3-4)13-7(8,9)10/h2-3H,1H3,(H2,11,12). The lowest BCUT2D eigenvalue weighted by atomic mass is 10.3. The third-order valence-corrected chi connectivity index (χ3v) is 1.24. The van der Waals surface area contributed by atoms with E-state index in [2.05, 4.69) is 9.72 Å². The van der Waals surface area contributed by atoms with Crippen LogP contribution in [0.15, 0.2) is 12.3 Å². The average molecular weight is 192 g/mol. The Kier molecular flexibility index (Phi) is 2.31. The third-order valence-electron chi connectivity index (χ3n) is 1.24. The maximum absolute atomic E-state index is 11.7. The molecule has 0 spiro atoms. The number of rotatable bonds is 1. The van der Waals surface area contributed by atoms with Gasteiger partial charge < -0.3 is 10.5 Å². The molecule has 0 saturated heterocycles. The molecule has 1 rings (SSSR count). The summed E-state index contributed by atoms with van der Waals surface area (Å²) in [7, 11) is 0. The lowest BCUT2D eigenvalue weighted by molar-refractivity contribution is -0.274. The normalized spacial score (nSPS) is 11.4. The van der Waals surface area contributed by atoms with Crippen molar-refractivity contribution in [2.75, 3.05) is 5.73 Å². The van der Waals surface area contributed by atoms with Crippen molar-refractivity contribution in [1.82, 2.24) is 4.98 Å². The highest BCUT2D eigenvalue weighted by atomic mass is 19.4. The minimum atomic E-state index is -4.73. The largest absolute Gasteiger partial charge is 0.573 e. The molecule has 0 fully saturated rings. The number of halogens is 3. The van der Waals surface area contributed by atoms with E-state index >= 15 is 0 Å². The average Bonchev–Trinajstić information content (AvgIpc) is 1.94. The quantitative estimate of drug-likeness (QED) is 0.738. The van der Waals surface area contributed by atoms with Gasteiger partial charge in [0.1, 0.15) is 0 Å². The molecule has 0 radical (unpaired) electrons. The molecular formula is C7H7F3N2O. The lowest BCUT2D eigenvalue weighted by Crippen LogP contribution is -2.18. The molecule has 13 heavy (non-hydrogen) atoms. The molecule has 72 valence electrons. The Bertz CT molecular complexity index is 311. The van der Waals surface area contributed by atoms with Crippen LogP contribution in [-0.4, -0.2) is 11.3 Å². The number of aryl methyl sites for hydroxylation is 1. The Balaban J connectivity index is 2.94. The van der Waals surface area contributed by atoms with Crippen LogP contribution in [-0.2, 0) is 0 Å². The van der Waals surface area contributed by atoms with E-state index in [1.165, 1.54) is 12.3 Å². The van der Waals surface area contributed by atoms with E-state index in [1.807, 2.05) is 0 Å². The van der Waals surface area contributed by atoms with Crippen LogP contribution in [0.2, 0.25) is 0 Å². The van der Waals surface area contributed by atoms with Crippen LogP contribution in [0.3, 0.4) is 0 Å². The molecule has 0 saturated carbocycles. The molecular weight excluding hydrogens is 185 g/mol. The van der Waals surface area contributed by atoms with E-state index in [0.29, 0.717) is 5.56 Å². The minimum Gasteiger partial charge on any atom is -0.402 e. The van der Waals surface area contributed by atoms with Gasteiger partial charge in [-0.05, 0) is 18.6 Å². The van der Waals surface area contributed by atoms with Gasteiger partial charge in [-0.25, -0.2) is 4.98 Å². The summed E-state index contributed by atoms with van der Waals surface area (Å²) in [6.07, 6.45) is -3.37. The summed E-state index contributed by atoms with van der Waals surface area (Å²) in [5, 5.41) is 0. The predicted octanol–water partition coefficient (Wildman–Crippen LogP) is 1.87. The van der Waals surface area contributed by atoms with Crippen LogP contribution in [0.4, 0.5) is 19.0 Å². The number of nitrogens with two attached hydrogens (primary N) is 1. The van der Waals surface area contributed by atoms with Gasteiger partial charge in [-0.1, -0.05) is 0 Å². The van der Waals surface area contributed by atoms with Gasteiger partial charge in [0.2, 0.25) is 0 Å². The highest BCUT2D eigenvalue weighted by molar-refractivity contribution is 5.46. The van der Waals surface area contributed by atoms with Gasteiger partial charge in [0, 0.05) is 6.20 Å². The van der Waals surface area contributed by atoms with Crippen molar-refractivity contribution in [2.45, 2.75) is 13.3 Å². The molecule has 1 heterocycles. The molecule has 1 aromatic rings. The van der Waals surface area contributed by atoms with Crippen molar-refractivity contribution in [2.24, 2.45) is 0 Å². The molecule has 0 unspecified atom stereocenters. The van der Waals surface area contributed by atoms with E-state index < -0.39 is 12.1 Å². The summed E-state index contributed by atoms with van der Waals surface area (Å²) in [6, 6.07) is 1.18. The van der Waals surface area contributed by atoms with Gasteiger partial charge in [0.05, 0.1) is 0 Å². The number of nitrogens with zero attached hydrogens (tertiary/aromatic N) is 1. The highest BCUT2D eigenvalue weighted by Gasteiger charge is 2.32. The molecule has 0 aliphatic rings. The Morgan fingerprint density at radius 3 is 2.62 bits per heavy atom. The fourth-order valence-electron chi connectivity index (χ4n) is 0.759. The monoisotopic (exact) mass is 192 g/mol. The van der Waals surface area contributed by atoms with Gasteiger partial charge in [0.15, 0.2) is 11.6 Å². The fourth-order valence-corrected chi connectivity index (χ4v) is 0.759. The van der Waals surface area contributed by atoms with Crippen LogP contribution in [0.1, 0.15) is 5.56 Å². The van der Waals surface area contributed by atoms with E-state index in [-0.39, 0.29) is 5.82 Å². The molecule has 0 aromatic carbocycles. The highest BCUT2D eigenvalue weighted by Crippen LogP contribution is 2.27. The first kappa shape index (κ1) is 9.63. The molecule has 2 N–H and O–H groups in total. The number of alkyl halides is 3. The van der Waals surface area contributed by atoms with Crippen molar-refractivity contribution in [1.29, 1.82) is 0 Å². The van der Waals surface area contributed by atoms with Crippen molar-refractivity contribution >= 4 is 5.82 Å². The third kappa shape index (κ3) is 2.81. The minimum absolute atomic E-state index is 0.275. The lowest BCUT2D eigenvalue weighted by Gasteiger charge is -2.10. The smallest absolute Gasteiger partial charge is 0.402 e. The van der Waals surface area contributed by atoms with Crippen LogP contribution < -0.4 is 10.5 Å². The van der Waals surface area contributed by atoms with Gasteiger partial charge in [0.25, 0.3) is 0 Å². The van der Waals surface area contributed by atoms with E-state index in [4.69, 9.17) is 5.73 Å². The first-order valence-electron chi connectivity index (χ1n) is 3.36. The number of ether oxygens (including phenoxy) is 1. The summed E-state index contributed by atoms with van der Waals surface area (Å²) in [5.74, 6) is -0.740. The Morgan fingerprint density at radius 1 is 1.46 bits per heavy atom. The SMILES string of the molecule is Cc1cnc(N)c(OC(F)(F)F)c1. The molecule has 3 nitrogen and oxygen atoms in total. The van der Waals surface area contributed by atoms with Gasteiger partial charge >= 0.3 is 6.36 Å². The molecule has 0 bridgehead atoms. The Labute approximate surface area is 72.3 Å². The van der Waals surface area contributed by atoms with Crippen molar-refractivity contribution in [3.05, 3.63) is 17.8 Å². The van der Waals surface area contributed by atoms with Crippen molar-refractivity contribution < 1.29 is 17.9 Å². The zero-order valence-corrected chi connectivity index (χ0v) is 6.72. The Hall–Kier alpha value is -1.46. The number of anilines is 1. The van der Waals surface area contributed by atoms with E-state index in [9.17, 15) is 13.2 Å². The summed E-state index contributed by atoms with van der Waals surface area (Å²) >= 11 is 0. The second-order valence-corrected chi connectivity index (χ2v) is 2.44. The number of hydrogen-bond donors (Lipinski definition) is 1. The number of pyridine rings is 1. The summed E-state index contributed by atoms with van der Waals surface area (Å²) in [6.45, 7) is 1.59. The second-order valence-electron chi connectivity index (χ2n) is 2.44. The van der Waals surface area contributed by atoms with Crippen LogP contribution in [0, 0.1) is 6.92 Å². The molecule has 0 amide bonds. The van der Waals surface area contributed by atoms with Gasteiger partial charge in [-0.3, -0.25) is 0 Å². The topological polar surface area (TPSA) is 48.1 Å². The van der Waals surface area contributed by atoms with Gasteiger partial charge in [-0.15, -0.1) is 13.2 Å². The molecule has 1 aromatic heterocycles. The van der Waals surface area contributed by atoms with E-state index in [1.54, 1.807) is 6.92 Å². The number of nitrogen functional groups attached to an aromatic ring is 1. The molecule has 0 aliphatic heterocycles. The first-order valence-corrected chi connectivity index (χ1v) is 3.36. The number of aromatic nitrogens is 1. The summed E-state index contributed by atoms with van der Waals surface area (Å²) < 4.78 is 38.9. The summed E-state index contributed by atoms with van der Waals surface area (Å²) in [4.78, 5) is 3.52. The fraction of sp³-hybridized carbons (Fsp3) is 0.286. The van der Waals surface area contributed by atoms with Gasteiger partial charge in [-0.2, -0.15) is 0 Å². The molecule has 6 heteroatoms.